The van der Waals surface area contributed by atoms with Crippen LogP contribution in [-0.2, 0) is 6.42 Å². The summed E-state index contributed by atoms with van der Waals surface area (Å²) in [4.78, 5) is 7.56. The number of H-pyrrole nitrogens is 1. The first-order valence-electron chi connectivity index (χ1n) is 9.35. The standard InChI is InChI=1S/C21H24N4O3.HI/c1-22-21(23-9-8-15-13-25-18-5-3-2-4-17(15)18)24-10-11-26-16-6-7-19-20(12-16)28-14-27-19;/h2-7,12-13,25H,8-11,14H2,1H3,(H2,22,23,24);1H. The van der Waals surface area contributed by atoms with Gasteiger partial charge in [0, 0.05) is 36.8 Å². The molecule has 8 heteroatoms. The average Bonchev–Trinajstić information content (AvgIpc) is 3.36. The summed E-state index contributed by atoms with van der Waals surface area (Å²) in [7, 11) is 1.76. The van der Waals surface area contributed by atoms with Gasteiger partial charge in [-0.05, 0) is 30.2 Å². The van der Waals surface area contributed by atoms with E-state index in [1.165, 1.54) is 16.5 Å². The molecule has 2 aromatic carbocycles. The Hall–Kier alpha value is -2.62. The second kappa shape index (κ2) is 10.2. The lowest BCUT2D eigenvalue weighted by Gasteiger charge is -2.12. The van der Waals surface area contributed by atoms with Crippen molar-refractivity contribution in [1.82, 2.24) is 15.6 Å². The molecular weight excluding hydrogens is 483 g/mol. The fourth-order valence-electron chi connectivity index (χ4n) is 3.18. The molecule has 0 atom stereocenters. The lowest BCUT2D eigenvalue weighted by atomic mass is 10.1. The number of fused-ring (bicyclic) bond motifs is 2. The van der Waals surface area contributed by atoms with E-state index in [1.807, 2.05) is 24.3 Å². The van der Waals surface area contributed by atoms with Gasteiger partial charge in [-0.25, -0.2) is 0 Å². The van der Waals surface area contributed by atoms with Crippen molar-refractivity contribution in [1.29, 1.82) is 0 Å². The zero-order valence-electron chi connectivity index (χ0n) is 16.2. The number of nitrogens with zero attached hydrogens (tertiary/aromatic N) is 1. The van der Waals surface area contributed by atoms with Crippen molar-refractivity contribution in [2.45, 2.75) is 6.42 Å². The Kier molecular flexibility index (Phi) is 7.45. The summed E-state index contributed by atoms with van der Waals surface area (Å²) in [6.07, 6.45) is 2.99. The summed E-state index contributed by atoms with van der Waals surface area (Å²) in [5, 5.41) is 7.87. The minimum absolute atomic E-state index is 0. The lowest BCUT2D eigenvalue weighted by Crippen LogP contribution is -2.40. The van der Waals surface area contributed by atoms with Crippen molar-refractivity contribution in [2.24, 2.45) is 4.99 Å². The van der Waals surface area contributed by atoms with E-state index < -0.39 is 0 Å². The van der Waals surface area contributed by atoms with Crippen LogP contribution in [0.5, 0.6) is 17.2 Å². The van der Waals surface area contributed by atoms with E-state index in [1.54, 1.807) is 7.05 Å². The molecule has 1 aromatic heterocycles. The molecule has 0 saturated carbocycles. The summed E-state index contributed by atoms with van der Waals surface area (Å²) in [5.41, 5.74) is 2.46. The summed E-state index contributed by atoms with van der Waals surface area (Å²) in [6.45, 7) is 2.22. The number of para-hydroxylation sites is 1. The maximum Gasteiger partial charge on any atom is 0.231 e. The van der Waals surface area contributed by atoms with Gasteiger partial charge in [-0.1, -0.05) is 18.2 Å². The molecule has 154 valence electrons. The maximum absolute atomic E-state index is 5.75. The smallest absolute Gasteiger partial charge is 0.231 e. The first-order chi connectivity index (χ1) is 13.8. The number of benzene rings is 2. The molecule has 0 aliphatic carbocycles. The van der Waals surface area contributed by atoms with Gasteiger partial charge in [-0.15, -0.1) is 24.0 Å². The fraction of sp³-hybridized carbons (Fsp3) is 0.286. The van der Waals surface area contributed by atoms with E-state index in [2.05, 4.69) is 45.0 Å². The molecule has 0 radical (unpaired) electrons. The number of ether oxygens (including phenoxy) is 3. The third kappa shape index (κ3) is 5.26. The van der Waals surface area contributed by atoms with Crippen LogP contribution in [0.3, 0.4) is 0 Å². The Morgan fingerprint density at radius 1 is 1.10 bits per heavy atom. The number of aliphatic imine (C=N–C) groups is 1. The van der Waals surface area contributed by atoms with E-state index >= 15 is 0 Å². The average molecular weight is 508 g/mol. The Bertz CT molecular complexity index is 973. The van der Waals surface area contributed by atoms with Gasteiger partial charge < -0.3 is 29.8 Å². The maximum atomic E-state index is 5.75. The van der Waals surface area contributed by atoms with Crippen LogP contribution in [0.25, 0.3) is 10.9 Å². The number of hydrogen-bond acceptors (Lipinski definition) is 4. The Morgan fingerprint density at radius 3 is 2.83 bits per heavy atom. The highest BCUT2D eigenvalue weighted by Gasteiger charge is 2.13. The van der Waals surface area contributed by atoms with Crippen molar-refractivity contribution >= 4 is 40.8 Å². The minimum Gasteiger partial charge on any atom is -0.492 e. The van der Waals surface area contributed by atoms with Crippen molar-refractivity contribution in [3.05, 3.63) is 54.2 Å². The summed E-state index contributed by atoms with van der Waals surface area (Å²) < 4.78 is 16.4. The highest BCUT2D eigenvalue weighted by atomic mass is 127. The molecule has 3 aromatic rings. The monoisotopic (exact) mass is 508 g/mol. The second-order valence-corrected chi connectivity index (χ2v) is 6.40. The summed E-state index contributed by atoms with van der Waals surface area (Å²) in [5.74, 6) is 2.99. The van der Waals surface area contributed by atoms with Crippen LogP contribution < -0.4 is 24.8 Å². The van der Waals surface area contributed by atoms with Crippen LogP contribution in [0.1, 0.15) is 5.56 Å². The number of aromatic nitrogens is 1. The quantitative estimate of drug-likeness (QED) is 0.198. The molecule has 0 bridgehead atoms. The molecule has 1 aliphatic rings. The fourth-order valence-corrected chi connectivity index (χ4v) is 3.18. The Morgan fingerprint density at radius 2 is 1.93 bits per heavy atom. The minimum atomic E-state index is 0. The molecule has 2 heterocycles. The topological polar surface area (TPSA) is 79.9 Å². The SMILES string of the molecule is CN=C(NCCOc1ccc2c(c1)OCO2)NCCc1c[nH]c2ccccc12.I. The zero-order valence-corrected chi connectivity index (χ0v) is 18.6. The van der Waals surface area contributed by atoms with Gasteiger partial charge in [-0.2, -0.15) is 0 Å². The third-order valence-electron chi connectivity index (χ3n) is 4.59. The highest BCUT2D eigenvalue weighted by Crippen LogP contribution is 2.34. The first kappa shape index (κ1) is 21.1. The molecule has 0 spiro atoms. The Labute approximate surface area is 186 Å². The second-order valence-electron chi connectivity index (χ2n) is 6.40. The van der Waals surface area contributed by atoms with Crippen LogP contribution in [-0.4, -0.2) is 44.5 Å². The van der Waals surface area contributed by atoms with E-state index in [0.29, 0.717) is 13.2 Å². The number of nitrogens with one attached hydrogen (secondary N) is 3. The van der Waals surface area contributed by atoms with E-state index in [9.17, 15) is 0 Å². The molecule has 0 amide bonds. The van der Waals surface area contributed by atoms with Gasteiger partial charge in [0.05, 0.1) is 6.54 Å². The number of guanidine groups is 1. The first-order valence-corrected chi connectivity index (χ1v) is 9.35. The molecule has 4 rings (SSSR count). The molecule has 3 N–H and O–H groups in total. The van der Waals surface area contributed by atoms with Gasteiger partial charge in [0.25, 0.3) is 0 Å². The van der Waals surface area contributed by atoms with Gasteiger partial charge in [0.2, 0.25) is 6.79 Å². The largest absolute Gasteiger partial charge is 0.492 e. The number of halogens is 1. The molecule has 1 aliphatic heterocycles. The predicted molar refractivity (Wildman–Crippen MR) is 125 cm³/mol. The molecule has 0 saturated heterocycles. The zero-order chi connectivity index (χ0) is 19.2. The normalized spacial score (nSPS) is 12.5. The van der Waals surface area contributed by atoms with Gasteiger partial charge in [-0.3, -0.25) is 4.99 Å². The van der Waals surface area contributed by atoms with Crippen molar-refractivity contribution in [3.63, 3.8) is 0 Å². The van der Waals surface area contributed by atoms with Crippen LogP contribution in [0.15, 0.2) is 53.7 Å². The van der Waals surface area contributed by atoms with Gasteiger partial charge in [0.15, 0.2) is 17.5 Å². The molecule has 0 fully saturated rings. The van der Waals surface area contributed by atoms with Crippen molar-refractivity contribution < 1.29 is 14.2 Å². The van der Waals surface area contributed by atoms with Crippen molar-refractivity contribution in [3.8, 4) is 17.2 Å². The van der Waals surface area contributed by atoms with Crippen LogP contribution in [0, 0.1) is 0 Å². The Balaban J connectivity index is 0.00000240. The van der Waals surface area contributed by atoms with Crippen LogP contribution >= 0.6 is 24.0 Å². The van der Waals surface area contributed by atoms with Crippen LogP contribution in [0.4, 0.5) is 0 Å². The summed E-state index contributed by atoms with van der Waals surface area (Å²) >= 11 is 0. The molecule has 29 heavy (non-hydrogen) atoms. The van der Waals surface area contributed by atoms with Crippen molar-refractivity contribution in [2.75, 3.05) is 33.5 Å². The molecule has 7 nitrogen and oxygen atoms in total. The van der Waals surface area contributed by atoms with E-state index in [4.69, 9.17) is 14.2 Å². The third-order valence-corrected chi connectivity index (χ3v) is 4.59. The molecular formula is C21H25IN4O3. The van der Waals surface area contributed by atoms with Crippen LogP contribution in [0.2, 0.25) is 0 Å². The molecule has 0 unspecified atom stereocenters. The highest BCUT2D eigenvalue weighted by molar-refractivity contribution is 14.0. The van der Waals surface area contributed by atoms with E-state index in [0.717, 1.165) is 36.2 Å². The number of rotatable bonds is 7. The predicted octanol–water partition coefficient (Wildman–Crippen LogP) is 3.30. The number of hydrogen-bond donors (Lipinski definition) is 3. The van der Waals surface area contributed by atoms with E-state index in [-0.39, 0.29) is 30.8 Å². The van der Waals surface area contributed by atoms with Gasteiger partial charge >= 0.3 is 0 Å². The van der Waals surface area contributed by atoms with Gasteiger partial charge in [0.1, 0.15) is 12.4 Å². The number of aromatic amines is 1. The summed E-state index contributed by atoms with van der Waals surface area (Å²) in [6, 6.07) is 13.9. The lowest BCUT2D eigenvalue weighted by molar-refractivity contribution is 0.173.